The van der Waals surface area contributed by atoms with Crippen LogP contribution in [-0.4, -0.2) is 0 Å². The second-order valence-corrected chi connectivity index (χ2v) is 4.95. The molecule has 3 N–H and O–H groups in total. The van der Waals surface area contributed by atoms with Crippen LogP contribution in [0.15, 0.2) is 40.9 Å². The zero-order valence-electron chi connectivity index (χ0n) is 9.24. The van der Waals surface area contributed by atoms with Crippen LogP contribution >= 0.6 is 27.5 Å². The molecule has 0 aliphatic carbocycles. The Morgan fingerprint density at radius 3 is 2.61 bits per heavy atom. The lowest BCUT2D eigenvalue weighted by Gasteiger charge is -2.11. The summed E-state index contributed by atoms with van der Waals surface area (Å²) in [6.07, 6.45) is 0. The van der Waals surface area contributed by atoms with Crippen LogP contribution in [0.5, 0.6) is 0 Å². The summed E-state index contributed by atoms with van der Waals surface area (Å²) >= 11 is 9.32. The van der Waals surface area contributed by atoms with Gasteiger partial charge in [0, 0.05) is 9.50 Å². The summed E-state index contributed by atoms with van der Waals surface area (Å²) in [6.45, 7) is 0. The zero-order chi connectivity index (χ0) is 13.1. The van der Waals surface area contributed by atoms with Crippen LogP contribution in [0, 0.1) is 11.3 Å². The van der Waals surface area contributed by atoms with E-state index in [0.717, 1.165) is 15.8 Å². The van der Waals surface area contributed by atoms with Gasteiger partial charge in [-0.1, -0.05) is 11.6 Å². The molecule has 0 saturated heterocycles. The molecule has 0 heterocycles. The second-order valence-electron chi connectivity index (χ2n) is 3.66. The van der Waals surface area contributed by atoms with E-state index in [9.17, 15) is 0 Å². The zero-order valence-corrected chi connectivity index (χ0v) is 11.6. The van der Waals surface area contributed by atoms with E-state index >= 15 is 0 Å². The molecule has 0 amide bonds. The van der Waals surface area contributed by atoms with Gasteiger partial charge in [-0.3, -0.25) is 0 Å². The van der Waals surface area contributed by atoms with Crippen molar-refractivity contribution in [2.24, 2.45) is 0 Å². The van der Waals surface area contributed by atoms with Crippen LogP contribution in [0.25, 0.3) is 0 Å². The highest BCUT2D eigenvalue weighted by Gasteiger charge is 2.05. The van der Waals surface area contributed by atoms with Crippen molar-refractivity contribution in [2.45, 2.75) is 0 Å². The van der Waals surface area contributed by atoms with Gasteiger partial charge in [-0.25, -0.2) is 0 Å². The van der Waals surface area contributed by atoms with Crippen LogP contribution in [-0.2, 0) is 0 Å². The van der Waals surface area contributed by atoms with Gasteiger partial charge in [0.05, 0.1) is 28.7 Å². The first-order chi connectivity index (χ1) is 8.60. The first kappa shape index (κ1) is 12.7. The number of rotatable bonds is 2. The van der Waals surface area contributed by atoms with E-state index in [1.807, 2.05) is 6.07 Å². The van der Waals surface area contributed by atoms with E-state index < -0.39 is 0 Å². The van der Waals surface area contributed by atoms with Gasteiger partial charge in [-0.2, -0.15) is 5.26 Å². The Hall–Kier alpha value is -1.70. The Balaban J connectivity index is 2.34. The van der Waals surface area contributed by atoms with Crippen LogP contribution in [0.1, 0.15) is 5.56 Å². The summed E-state index contributed by atoms with van der Waals surface area (Å²) < 4.78 is 0.793. The Kier molecular flexibility index (Phi) is 3.75. The molecule has 2 aromatic rings. The largest absolute Gasteiger partial charge is 0.397 e. The highest BCUT2D eigenvalue weighted by atomic mass is 79.9. The van der Waals surface area contributed by atoms with Crippen LogP contribution < -0.4 is 11.1 Å². The van der Waals surface area contributed by atoms with Crippen molar-refractivity contribution in [2.75, 3.05) is 11.1 Å². The molecule has 5 heteroatoms. The molecule has 0 fully saturated rings. The SMILES string of the molecule is N#Cc1ccc(Nc2cc(Cl)ccc2N)c(Br)c1. The predicted octanol–water partition coefficient (Wildman–Crippen LogP) is 4.30. The van der Waals surface area contributed by atoms with E-state index in [1.54, 1.807) is 30.3 Å². The molecule has 0 aliphatic heterocycles. The normalized spacial score (nSPS) is 9.83. The number of halogens is 2. The highest BCUT2D eigenvalue weighted by Crippen LogP contribution is 2.30. The molecular formula is C13H9BrClN3. The maximum absolute atomic E-state index is 8.79. The number of nitrogens with zero attached hydrogens (tertiary/aromatic N) is 1. The molecule has 0 aromatic heterocycles. The number of nitrogens with one attached hydrogen (secondary N) is 1. The average molecular weight is 323 g/mol. The van der Waals surface area contributed by atoms with Gasteiger partial charge in [-0.15, -0.1) is 0 Å². The average Bonchev–Trinajstić information content (AvgIpc) is 2.36. The summed E-state index contributed by atoms with van der Waals surface area (Å²) in [6, 6.07) is 12.6. The lowest BCUT2D eigenvalue weighted by atomic mass is 10.2. The molecule has 0 atom stereocenters. The van der Waals surface area contributed by atoms with Crippen molar-refractivity contribution < 1.29 is 0 Å². The van der Waals surface area contributed by atoms with E-state index in [0.29, 0.717) is 16.3 Å². The summed E-state index contributed by atoms with van der Waals surface area (Å²) in [5.41, 5.74) is 8.60. The maximum atomic E-state index is 8.79. The minimum atomic E-state index is 0.589. The number of hydrogen-bond acceptors (Lipinski definition) is 3. The van der Waals surface area contributed by atoms with E-state index in [4.69, 9.17) is 22.6 Å². The van der Waals surface area contributed by atoms with Crippen molar-refractivity contribution in [1.82, 2.24) is 0 Å². The van der Waals surface area contributed by atoms with Crippen molar-refractivity contribution in [1.29, 1.82) is 5.26 Å². The fourth-order valence-electron chi connectivity index (χ4n) is 1.47. The Morgan fingerprint density at radius 1 is 1.17 bits per heavy atom. The summed E-state index contributed by atoms with van der Waals surface area (Å²) in [7, 11) is 0. The standard InChI is InChI=1S/C13H9BrClN3/c14-10-5-8(7-16)1-4-12(10)18-13-6-9(15)2-3-11(13)17/h1-6,18H,17H2. The summed E-state index contributed by atoms with van der Waals surface area (Å²) in [5.74, 6) is 0. The molecule has 3 nitrogen and oxygen atoms in total. The van der Waals surface area contributed by atoms with Crippen molar-refractivity contribution in [3.05, 3.63) is 51.5 Å². The molecule has 90 valence electrons. The van der Waals surface area contributed by atoms with Crippen LogP contribution in [0.4, 0.5) is 17.1 Å². The molecule has 0 radical (unpaired) electrons. The molecule has 0 spiro atoms. The third-order valence-corrected chi connectivity index (χ3v) is 3.27. The van der Waals surface area contributed by atoms with Crippen molar-refractivity contribution in [3.63, 3.8) is 0 Å². The van der Waals surface area contributed by atoms with Gasteiger partial charge in [0.1, 0.15) is 0 Å². The Labute approximate surface area is 118 Å². The fourth-order valence-corrected chi connectivity index (χ4v) is 2.12. The lowest BCUT2D eigenvalue weighted by Crippen LogP contribution is -1.97. The van der Waals surface area contributed by atoms with Gasteiger partial charge in [0.25, 0.3) is 0 Å². The predicted molar refractivity (Wildman–Crippen MR) is 78.0 cm³/mol. The number of nitrogen functional groups attached to an aromatic ring is 1. The topological polar surface area (TPSA) is 61.8 Å². The third-order valence-electron chi connectivity index (χ3n) is 2.38. The number of anilines is 3. The van der Waals surface area contributed by atoms with Gasteiger partial charge in [0.15, 0.2) is 0 Å². The Bertz CT molecular complexity index is 635. The third kappa shape index (κ3) is 2.76. The van der Waals surface area contributed by atoms with Gasteiger partial charge in [-0.05, 0) is 52.3 Å². The summed E-state index contributed by atoms with van der Waals surface area (Å²) in [5, 5.41) is 12.6. The Morgan fingerprint density at radius 2 is 1.94 bits per heavy atom. The van der Waals surface area contributed by atoms with Crippen LogP contribution in [0.2, 0.25) is 5.02 Å². The first-order valence-electron chi connectivity index (χ1n) is 5.12. The van der Waals surface area contributed by atoms with E-state index in [2.05, 4.69) is 27.3 Å². The summed E-state index contributed by atoms with van der Waals surface area (Å²) in [4.78, 5) is 0. The first-order valence-corrected chi connectivity index (χ1v) is 6.29. The lowest BCUT2D eigenvalue weighted by molar-refractivity contribution is 1.46. The number of nitrogens with two attached hydrogens (primary N) is 1. The second kappa shape index (κ2) is 5.30. The molecule has 0 unspecified atom stereocenters. The number of benzene rings is 2. The maximum Gasteiger partial charge on any atom is 0.0992 e. The monoisotopic (exact) mass is 321 g/mol. The minimum absolute atomic E-state index is 0.589. The molecule has 2 aromatic carbocycles. The molecule has 0 bridgehead atoms. The highest BCUT2D eigenvalue weighted by molar-refractivity contribution is 9.10. The molecule has 0 aliphatic rings. The van der Waals surface area contributed by atoms with Crippen molar-refractivity contribution in [3.8, 4) is 6.07 Å². The fraction of sp³-hybridized carbons (Fsp3) is 0. The number of hydrogen-bond donors (Lipinski definition) is 2. The molecule has 2 rings (SSSR count). The molecule has 0 saturated carbocycles. The van der Waals surface area contributed by atoms with Gasteiger partial charge in [0.2, 0.25) is 0 Å². The van der Waals surface area contributed by atoms with Gasteiger partial charge < -0.3 is 11.1 Å². The van der Waals surface area contributed by atoms with E-state index in [-0.39, 0.29) is 0 Å². The van der Waals surface area contributed by atoms with Crippen LogP contribution in [0.3, 0.4) is 0 Å². The molecular weight excluding hydrogens is 314 g/mol. The molecule has 18 heavy (non-hydrogen) atoms. The quantitative estimate of drug-likeness (QED) is 0.810. The van der Waals surface area contributed by atoms with Crippen molar-refractivity contribution >= 4 is 44.6 Å². The van der Waals surface area contributed by atoms with E-state index in [1.165, 1.54) is 0 Å². The smallest absolute Gasteiger partial charge is 0.0992 e. The number of nitriles is 1. The van der Waals surface area contributed by atoms with Gasteiger partial charge >= 0.3 is 0 Å². The minimum Gasteiger partial charge on any atom is -0.397 e.